The highest BCUT2D eigenvalue weighted by Gasteiger charge is 2.08. The molecule has 3 nitrogen and oxygen atoms in total. The zero-order valence-corrected chi connectivity index (χ0v) is 12.9. The number of pyridine rings is 1. The number of halogens is 1. The Balaban J connectivity index is 2.39. The van der Waals surface area contributed by atoms with Crippen LogP contribution < -0.4 is 11.1 Å². The molecule has 1 heterocycles. The molecule has 0 saturated carbocycles. The van der Waals surface area contributed by atoms with Crippen molar-refractivity contribution in [3.63, 3.8) is 0 Å². The summed E-state index contributed by atoms with van der Waals surface area (Å²) in [5.41, 5.74) is 9.38. The number of nitrogens with zero attached hydrogens (tertiary/aromatic N) is 1. The molecule has 19 heavy (non-hydrogen) atoms. The molecule has 2 aromatic rings. The van der Waals surface area contributed by atoms with E-state index >= 15 is 0 Å². The first-order chi connectivity index (χ1) is 9.11. The normalized spacial score (nSPS) is 10.2. The summed E-state index contributed by atoms with van der Waals surface area (Å²) in [6.07, 6.45) is 2.62. The van der Waals surface area contributed by atoms with Gasteiger partial charge in [-0.25, -0.2) is 0 Å². The predicted molar refractivity (Wildman–Crippen MR) is 86.9 cm³/mol. The lowest BCUT2D eigenvalue weighted by molar-refractivity contribution is 1.14. The molecule has 0 radical (unpaired) electrons. The summed E-state index contributed by atoms with van der Waals surface area (Å²) in [6, 6.07) is 9.90. The van der Waals surface area contributed by atoms with Gasteiger partial charge < -0.3 is 11.1 Å². The van der Waals surface area contributed by atoms with E-state index in [-0.39, 0.29) is 0 Å². The minimum Gasteiger partial charge on any atom is -0.388 e. The Morgan fingerprint density at radius 2 is 2.16 bits per heavy atom. The van der Waals surface area contributed by atoms with Crippen LogP contribution in [0, 0.1) is 0 Å². The van der Waals surface area contributed by atoms with Crippen molar-refractivity contribution in [3.05, 3.63) is 52.3 Å². The standard InChI is InChI=1S/C14H14BrN3S/c1-2-9-8-10(15)5-6-11(9)18-12-4-3-7-17-13(12)14(16)19/h3-8,18H,2H2,1H3,(H2,16,19). The summed E-state index contributed by atoms with van der Waals surface area (Å²) < 4.78 is 1.07. The van der Waals surface area contributed by atoms with Gasteiger partial charge in [-0.1, -0.05) is 35.1 Å². The summed E-state index contributed by atoms with van der Waals surface area (Å²) in [6.45, 7) is 2.12. The lowest BCUT2D eigenvalue weighted by Gasteiger charge is -2.13. The zero-order valence-electron chi connectivity index (χ0n) is 10.5. The number of nitrogens with one attached hydrogen (secondary N) is 1. The largest absolute Gasteiger partial charge is 0.388 e. The average Bonchev–Trinajstić information content (AvgIpc) is 2.41. The first-order valence-electron chi connectivity index (χ1n) is 5.92. The summed E-state index contributed by atoms with van der Waals surface area (Å²) in [4.78, 5) is 4.50. The molecule has 1 aromatic heterocycles. The monoisotopic (exact) mass is 335 g/mol. The molecule has 5 heteroatoms. The molecule has 3 N–H and O–H groups in total. The zero-order chi connectivity index (χ0) is 13.8. The molecule has 98 valence electrons. The smallest absolute Gasteiger partial charge is 0.124 e. The second kappa shape index (κ2) is 6.12. The Kier molecular flexibility index (Phi) is 4.50. The van der Waals surface area contributed by atoms with E-state index in [0.717, 1.165) is 22.3 Å². The van der Waals surface area contributed by atoms with Gasteiger partial charge in [-0.2, -0.15) is 0 Å². The summed E-state index contributed by atoms with van der Waals surface area (Å²) in [5.74, 6) is 0. The molecule has 2 rings (SSSR count). The van der Waals surface area contributed by atoms with Crippen LogP contribution in [0.1, 0.15) is 18.2 Å². The maximum absolute atomic E-state index is 5.68. The van der Waals surface area contributed by atoms with Gasteiger partial charge in [-0.3, -0.25) is 4.98 Å². The number of anilines is 2. The topological polar surface area (TPSA) is 50.9 Å². The third-order valence-electron chi connectivity index (χ3n) is 2.76. The van der Waals surface area contributed by atoms with Crippen LogP contribution in [0.5, 0.6) is 0 Å². The molecule has 0 amide bonds. The van der Waals surface area contributed by atoms with Crippen LogP contribution in [0.2, 0.25) is 0 Å². The minimum atomic E-state index is 0.290. The lowest BCUT2D eigenvalue weighted by Crippen LogP contribution is -2.14. The Hall–Kier alpha value is -1.46. The SMILES string of the molecule is CCc1cc(Br)ccc1Nc1cccnc1C(N)=S. The van der Waals surface area contributed by atoms with E-state index < -0.39 is 0 Å². The highest BCUT2D eigenvalue weighted by molar-refractivity contribution is 9.10. The van der Waals surface area contributed by atoms with E-state index in [1.807, 2.05) is 24.3 Å². The number of aromatic nitrogens is 1. The van der Waals surface area contributed by atoms with Crippen molar-refractivity contribution in [1.29, 1.82) is 0 Å². The van der Waals surface area contributed by atoms with Gasteiger partial charge in [0.25, 0.3) is 0 Å². The molecular formula is C14H14BrN3S. The van der Waals surface area contributed by atoms with E-state index in [2.05, 4.69) is 39.2 Å². The lowest BCUT2D eigenvalue weighted by atomic mass is 10.1. The van der Waals surface area contributed by atoms with E-state index in [1.54, 1.807) is 6.20 Å². The Morgan fingerprint density at radius 1 is 1.37 bits per heavy atom. The minimum absolute atomic E-state index is 0.290. The highest BCUT2D eigenvalue weighted by atomic mass is 79.9. The summed E-state index contributed by atoms with van der Waals surface area (Å²) in [7, 11) is 0. The second-order valence-corrected chi connectivity index (χ2v) is 5.40. The van der Waals surface area contributed by atoms with Crippen molar-refractivity contribution in [3.8, 4) is 0 Å². The number of rotatable bonds is 4. The third-order valence-corrected chi connectivity index (χ3v) is 3.45. The molecule has 0 bridgehead atoms. The van der Waals surface area contributed by atoms with Gasteiger partial charge in [0.1, 0.15) is 10.7 Å². The van der Waals surface area contributed by atoms with Gasteiger partial charge >= 0.3 is 0 Å². The Morgan fingerprint density at radius 3 is 2.84 bits per heavy atom. The predicted octanol–water partition coefficient (Wildman–Crippen LogP) is 3.78. The molecule has 0 fully saturated rings. The van der Waals surface area contributed by atoms with Crippen LogP contribution in [-0.4, -0.2) is 9.97 Å². The first kappa shape index (κ1) is 14.0. The third kappa shape index (κ3) is 3.30. The molecule has 0 unspecified atom stereocenters. The van der Waals surface area contributed by atoms with Crippen molar-refractivity contribution in [2.24, 2.45) is 5.73 Å². The van der Waals surface area contributed by atoms with E-state index in [9.17, 15) is 0 Å². The second-order valence-electron chi connectivity index (χ2n) is 4.04. The fourth-order valence-electron chi connectivity index (χ4n) is 1.82. The van der Waals surface area contributed by atoms with Gasteiger partial charge in [0.15, 0.2) is 0 Å². The van der Waals surface area contributed by atoms with E-state index in [0.29, 0.717) is 10.7 Å². The van der Waals surface area contributed by atoms with Crippen LogP contribution >= 0.6 is 28.1 Å². The number of benzene rings is 1. The van der Waals surface area contributed by atoms with Crippen molar-refractivity contribution in [1.82, 2.24) is 4.98 Å². The van der Waals surface area contributed by atoms with Crippen LogP contribution in [0.3, 0.4) is 0 Å². The molecule has 0 aliphatic heterocycles. The highest BCUT2D eigenvalue weighted by Crippen LogP contribution is 2.26. The van der Waals surface area contributed by atoms with Gasteiger partial charge in [0, 0.05) is 16.4 Å². The molecule has 0 spiro atoms. The van der Waals surface area contributed by atoms with Crippen LogP contribution in [0.4, 0.5) is 11.4 Å². The molecule has 1 aromatic carbocycles. The molecule has 0 aliphatic rings. The van der Waals surface area contributed by atoms with Crippen molar-refractivity contribution >= 4 is 44.5 Å². The van der Waals surface area contributed by atoms with Crippen molar-refractivity contribution < 1.29 is 0 Å². The van der Waals surface area contributed by atoms with Crippen molar-refractivity contribution in [2.75, 3.05) is 5.32 Å². The van der Waals surface area contributed by atoms with Gasteiger partial charge in [0.2, 0.25) is 0 Å². The number of nitrogens with two attached hydrogens (primary N) is 1. The van der Waals surface area contributed by atoms with Crippen LogP contribution in [0.15, 0.2) is 41.0 Å². The fraction of sp³-hybridized carbons (Fsp3) is 0.143. The van der Waals surface area contributed by atoms with Crippen molar-refractivity contribution in [2.45, 2.75) is 13.3 Å². The molecule has 0 aliphatic carbocycles. The van der Waals surface area contributed by atoms with Gasteiger partial charge in [-0.05, 0) is 42.3 Å². The number of hydrogen-bond donors (Lipinski definition) is 2. The molecular weight excluding hydrogens is 322 g/mol. The maximum atomic E-state index is 5.68. The average molecular weight is 336 g/mol. The van der Waals surface area contributed by atoms with E-state index in [4.69, 9.17) is 18.0 Å². The number of thiocarbonyl (C=S) groups is 1. The first-order valence-corrected chi connectivity index (χ1v) is 7.12. The van der Waals surface area contributed by atoms with Crippen LogP contribution in [0.25, 0.3) is 0 Å². The molecule has 0 saturated heterocycles. The van der Waals surface area contributed by atoms with Crippen LogP contribution in [-0.2, 0) is 6.42 Å². The number of aryl methyl sites for hydroxylation is 1. The molecule has 0 atom stereocenters. The maximum Gasteiger partial charge on any atom is 0.124 e. The Bertz CT molecular complexity index is 613. The number of hydrogen-bond acceptors (Lipinski definition) is 3. The Labute approximate surface area is 126 Å². The summed E-state index contributed by atoms with van der Waals surface area (Å²) >= 11 is 8.49. The fourth-order valence-corrected chi connectivity index (χ4v) is 2.40. The quantitative estimate of drug-likeness (QED) is 0.834. The van der Waals surface area contributed by atoms with E-state index in [1.165, 1.54) is 5.56 Å². The van der Waals surface area contributed by atoms with Gasteiger partial charge in [0.05, 0.1) is 5.69 Å². The summed E-state index contributed by atoms with van der Waals surface area (Å²) in [5, 5.41) is 3.35. The van der Waals surface area contributed by atoms with Gasteiger partial charge in [-0.15, -0.1) is 0 Å².